The van der Waals surface area contributed by atoms with Gasteiger partial charge in [0, 0.05) is 19.3 Å². The van der Waals surface area contributed by atoms with Gasteiger partial charge < -0.3 is 5.73 Å². The third-order valence-electron chi connectivity index (χ3n) is 2.79. The molecule has 3 nitrogen and oxygen atoms in total. The SMILES string of the molecule is Cc1cccnc1CN(CCCN)CC(C)C. The predicted octanol–water partition coefficient (Wildman–Crippen LogP) is 2.20. The van der Waals surface area contributed by atoms with Gasteiger partial charge in [-0.05, 0) is 44.0 Å². The lowest BCUT2D eigenvalue weighted by Gasteiger charge is -2.24. The van der Waals surface area contributed by atoms with Gasteiger partial charge in [-0.3, -0.25) is 9.88 Å². The summed E-state index contributed by atoms with van der Waals surface area (Å²) in [6, 6.07) is 4.12. The van der Waals surface area contributed by atoms with Crippen LogP contribution in [0.25, 0.3) is 0 Å². The number of aryl methyl sites for hydroxylation is 1. The van der Waals surface area contributed by atoms with Crippen molar-refractivity contribution in [3.8, 4) is 0 Å². The minimum atomic E-state index is 0.678. The van der Waals surface area contributed by atoms with E-state index >= 15 is 0 Å². The van der Waals surface area contributed by atoms with Gasteiger partial charge in [-0.2, -0.15) is 0 Å². The van der Waals surface area contributed by atoms with E-state index in [9.17, 15) is 0 Å². The molecule has 1 aromatic rings. The van der Waals surface area contributed by atoms with Crippen molar-refractivity contribution in [2.75, 3.05) is 19.6 Å². The van der Waals surface area contributed by atoms with E-state index in [0.29, 0.717) is 5.92 Å². The highest BCUT2D eigenvalue weighted by molar-refractivity contribution is 5.17. The molecule has 0 aliphatic heterocycles. The van der Waals surface area contributed by atoms with Crippen molar-refractivity contribution >= 4 is 0 Å². The van der Waals surface area contributed by atoms with E-state index in [4.69, 9.17) is 5.73 Å². The van der Waals surface area contributed by atoms with Crippen LogP contribution in [-0.4, -0.2) is 29.5 Å². The maximum Gasteiger partial charge on any atom is 0.0573 e. The van der Waals surface area contributed by atoms with Crippen LogP contribution in [0.3, 0.4) is 0 Å². The molecular formula is C14H25N3. The van der Waals surface area contributed by atoms with Gasteiger partial charge in [0.05, 0.1) is 5.69 Å². The summed E-state index contributed by atoms with van der Waals surface area (Å²) in [6.07, 6.45) is 2.93. The molecule has 1 rings (SSSR count). The molecule has 0 aliphatic rings. The summed E-state index contributed by atoms with van der Waals surface area (Å²) in [5.74, 6) is 0.678. The highest BCUT2D eigenvalue weighted by Gasteiger charge is 2.09. The zero-order valence-corrected chi connectivity index (χ0v) is 11.3. The lowest BCUT2D eigenvalue weighted by atomic mass is 10.1. The largest absolute Gasteiger partial charge is 0.330 e. The average molecular weight is 235 g/mol. The minimum Gasteiger partial charge on any atom is -0.330 e. The Kier molecular flexibility index (Phi) is 6.16. The molecule has 2 N–H and O–H groups in total. The zero-order chi connectivity index (χ0) is 12.7. The lowest BCUT2D eigenvalue weighted by molar-refractivity contribution is 0.232. The van der Waals surface area contributed by atoms with Crippen LogP contribution in [0.15, 0.2) is 18.3 Å². The molecule has 0 fully saturated rings. The maximum atomic E-state index is 5.59. The Bertz CT molecular complexity index is 323. The first-order valence-corrected chi connectivity index (χ1v) is 6.46. The molecule has 0 spiro atoms. The second kappa shape index (κ2) is 7.41. The van der Waals surface area contributed by atoms with Crippen LogP contribution in [0, 0.1) is 12.8 Å². The predicted molar refractivity (Wildman–Crippen MR) is 72.8 cm³/mol. The van der Waals surface area contributed by atoms with E-state index < -0.39 is 0 Å². The molecule has 0 aliphatic carbocycles. The molecule has 0 atom stereocenters. The topological polar surface area (TPSA) is 42.2 Å². The van der Waals surface area contributed by atoms with Crippen LogP contribution in [-0.2, 0) is 6.54 Å². The zero-order valence-electron chi connectivity index (χ0n) is 11.3. The second-order valence-electron chi connectivity index (χ2n) is 5.04. The highest BCUT2D eigenvalue weighted by atomic mass is 15.1. The molecule has 96 valence electrons. The number of hydrogen-bond donors (Lipinski definition) is 1. The van der Waals surface area contributed by atoms with Gasteiger partial charge in [0.2, 0.25) is 0 Å². The summed E-state index contributed by atoms with van der Waals surface area (Å²) in [6.45, 7) is 10.5. The van der Waals surface area contributed by atoms with Crippen molar-refractivity contribution in [1.29, 1.82) is 0 Å². The quantitative estimate of drug-likeness (QED) is 0.788. The van der Waals surface area contributed by atoms with Crippen molar-refractivity contribution in [3.63, 3.8) is 0 Å². The number of hydrogen-bond acceptors (Lipinski definition) is 3. The molecule has 0 bridgehead atoms. The summed E-state index contributed by atoms with van der Waals surface area (Å²) >= 11 is 0. The fraction of sp³-hybridized carbons (Fsp3) is 0.643. The highest BCUT2D eigenvalue weighted by Crippen LogP contribution is 2.09. The third-order valence-corrected chi connectivity index (χ3v) is 2.79. The van der Waals surface area contributed by atoms with Crippen LogP contribution in [0.1, 0.15) is 31.5 Å². The van der Waals surface area contributed by atoms with Gasteiger partial charge >= 0.3 is 0 Å². The number of nitrogens with zero attached hydrogens (tertiary/aromatic N) is 2. The van der Waals surface area contributed by atoms with Crippen LogP contribution in [0.5, 0.6) is 0 Å². The van der Waals surface area contributed by atoms with Gasteiger partial charge in [-0.15, -0.1) is 0 Å². The first-order valence-electron chi connectivity index (χ1n) is 6.46. The Balaban J connectivity index is 2.61. The van der Waals surface area contributed by atoms with Crippen molar-refractivity contribution in [3.05, 3.63) is 29.6 Å². The normalized spacial score (nSPS) is 11.4. The number of rotatable bonds is 7. The van der Waals surface area contributed by atoms with E-state index in [1.165, 1.54) is 11.3 Å². The first kappa shape index (κ1) is 14.1. The van der Waals surface area contributed by atoms with E-state index in [0.717, 1.165) is 32.6 Å². The lowest BCUT2D eigenvalue weighted by Crippen LogP contribution is -2.30. The number of pyridine rings is 1. The summed E-state index contributed by atoms with van der Waals surface area (Å²) in [7, 11) is 0. The Labute approximate surface area is 105 Å². The fourth-order valence-corrected chi connectivity index (χ4v) is 1.96. The number of nitrogens with two attached hydrogens (primary N) is 1. The van der Waals surface area contributed by atoms with E-state index in [1.807, 2.05) is 12.3 Å². The van der Waals surface area contributed by atoms with E-state index in [-0.39, 0.29) is 0 Å². The first-order chi connectivity index (χ1) is 8.13. The Hall–Kier alpha value is -0.930. The van der Waals surface area contributed by atoms with Crippen LogP contribution in [0.2, 0.25) is 0 Å². The minimum absolute atomic E-state index is 0.678. The van der Waals surface area contributed by atoms with Gasteiger partial charge in [0.1, 0.15) is 0 Å². The van der Waals surface area contributed by atoms with Crippen molar-refractivity contribution < 1.29 is 0 Å². The van der Waals surface area contributed by atoms with E-state index in [1.54, 1.807) is 0 Å². The monoisotopic (exact) mass is 235 g/mol. The summed E-state index contributed by atoms with van der Waals surface area (Å²) in [4.78, 5) is 6.91. The average Bonchev–Trinajstić information content (AvgIpc) is 2.28. The Morgan fingerprint density at radius 1 is 1.41 bits per heavy atom. The van der Waals surface area contributed by atoms with E-state index in [2.05, 4.69) is 36.7 Å². The van der Waals surface area contributed by atoms with Crippen molar-refractivity contribution in [2.24, 2.45) is 11.7 Å². The third kappa shape index (κ3) is 5.29. The Morgan fingerprint density at radius 2 is 2.18 bits per heavy atom. The standard InChI is InChI=1S/C14H25N3/c1-12(2)10-17(9-5-7-15)11-14-13(3)6-4-8-16-14/h4,6,8,12H,5,7,9-11,15H2,1-3H3. The molecule has 0 saturated heterocycles. The van der Waals surface area contributed by atoms with Gasteiger partial charge in [0.15, 0.2) is 0 Å². The number of aromatic nitrogens is 1. The van der Waals surface area contributed by atoms with Crippen LogP contribution >= 0.6 is 0 Å². The summed E-state index contributed by atoms with van der Waals surface area (Å²) in [5.41, 5.74) is 8.05. The summed E-state index contributed by atoms with van der Waals surface area (Å²) < 4.78 is 0. The molecule has 17 heavy (non-hydrogen) atoms. The van der Waals surface area contributed by atoms with Crippen molar-refractivity contribution in [2.45, 2.75) is 33.7 Å². The van der Waals surface area contributed by atoms with Gasteiger partial charge in [0.25, 0.3) is 0 Å². The molecule has 0 aromatic carbocycles. The molecule has 3 heteroatoms. The molecular weight excluding hydrogens is 210 g/mol. The molecule has 0 unspecified atom stereocenters. The Morgan fingerprint density at radius 3 is 2.76 bits per heavy atom. The van der Waals surface area contributed by atoms with Crippen molar-refractivity contribution in [1.82, 2.24) is 9.88 Å². The molecule has 0 radical (unpaired) electrons. The van der Waals surface area contributed by atoms with Gasteiger partial charge in [-0.25, -0.2) is 0 Å². The van der Waals surface area contributed by atoms with Crippen LogP contribution < -0.4 is 5.73 Å². The van der Waals surface area contributed by atoms with Gasteiger partial charge in [-0.1, -0.05) is 19.9 Å². The molecule has 1 aromatic heterocycles. The van der Waals surface area contributed by atoms with Crippen LogP contribution in [0.4, 0.5) is 0 Å². The molecule has 0 saturated carbocycles. The molecule has 1 heterocycles. The smallest absolute Gasteiger partial charge is 0.0573 e. The maximum absolute atomic E-state index is 5.59. The second-order valence-corrected chi connectivity index (χ2v) is 5.04. The molecule has 0 amide bonds. The summed E-state index contributed by atoms with van der Waals surface area (Å²) in [5, 5.41) is 0. The fourth-order valence-electron chi connectivity index (χ4n) is 1.96.